The molecule has 0 N–H and O–H groups in total. The maximum atomic E-state index is 12.9. The quantitative estimate of drug-likeness (QED) is 0.557. The van der Waals surface area contributed by atoms with E-state index in [1.165, 1.54) is 21.3 Å². The lowest BCUT2D eigenvalue weighted by atomic mass is 9.96. The highest BCUT2D eigenvalue weighted by Crippen LogP contribution is 2.41. The summed E-state index contributed by atoms with van der Waals surface area (Å²) in [4.78, 5) is 48.9. The Morgan fingerprint density at radius 1 is 0.862 bits per heavy atom. The molecule has 0 amide bonds. The molecule has 8 nitrogen and oxygen atoms in total. The number of methoxy groups -OCH3 is 3. The van der Waals surface area contributed by atoms with Crippen LogP contribution in [0.2, 0.25) is 0 Å². The molecule has 8 heteroatoms. The number of benzene rings is 1. The van der Waals surface area contributed by atoms with Crippen molar-refractivity contribution in [3.8, 4) is 17.2 Å². The van der Waals surface area contributed by atoms with Gasteiger partial charge in [0.25, 0.3) is 5.78 Å². The number of fused-ring (bicyclic) bond motifs is 1. The first-order valence-electron chi connectivity index (χ1n) is 9.47. The van der Waals surface area contributed by atoms with Crippen LogP contribution in [0, 0.1) is 0 Å². The molecule has 0 spiro atoms. The molecule has 0 saturated carbocycles. The lowest BCUT2D eigenvalue weighted by molar-refractivity contribution is -0.144. The molecule has 0 bridgehead atoms. The second-order valence-corrected chi connectivity index (χ2v) is 6.81. The number of rotatable bonds is 3. The summed E-state index contributed by atoms with van der Waals surface area (Å²) >= 11 is 0. The Hall–Kier alpha value is -2.90. The van der Waals surface area contributed by atoms with Gasteiger partial charge in [0.2, 0.25) is 11.6 Å². The summed E-state index contributed by atoms with van der Waals surface area (Å²) in [7, 11) is 4.33. The lowest BCUT2D eigenvalue weighted by Gasteiger charge is -2.21. The van der Waals surface area contributed by atoms with Gasteiger partial charge in [-0.15, -0.1) is 0 Å². The van der Waals surface area contributed by atoms with Crippen LogP contribution in [0.15, 0.2) is 6.07 Å². The van der Waals surface area contributed by atoms with Gasteiger partial charge >= 0.3 is 5.97 Å². The topological polar surface area (TPSA) is 105 Å². The van der Waals surface area contributed by atoms with Crippen LogP contribution in [-0.2, 0) is 25.5 Å². The van der Waals surface area contributed by atoms with Crippen LogP contribution >= 0.6 is 0 Å². The van der Waals surface area contributed by atoms with Crippen molar-refractivity contribution in [3.05, 3.63) is 17.2 Å². The van der Waals surface area contributed by atoms with E-state index in [-0.39, 0.29) is 37.0 Å². The van der Waals surface area contributed by atoms with Gasteiger partial charge in [0.05, 0.1) is 27.4 Å². The smallest absolute Gasteiger partial charge is 0.342 e. The van der Waals surface area contributed by atoms with E-state index in [9.17, 15) is 19.2 Å². The zero-order chi connectivity index (χ0) is 21.6. The van der Waals surface area contributed by atoms with Crippen molar-refractivity contribution in [1.82, 2.24) is 0 Å². The number of carbonyl (C=O) groups is 4. The molecule has 1 aromatic rings. The number of cyclic esters (lactones) is 1. The maximum Gasteiger partial charge on any atom is 0.342 e. The zero-order valence-corrected chi connectivity index (χ0v) is 17.2. The van der Waals surface area contributed by atoms with Crippen molar-refractivity contribution in [1.29, 1.82) is 0 Å². The van der Waals surface area contributed by atoms with Crippen LogP contribution in [0.3, 0.4) is 0 Å². The average Bonchev–Trinajstić information content (AvgIpc) is 2.70. The number of carbonyl (C=O) groups excluding carboxylic acids is 4. The Labute approximate surface area is 169 Å². The summed E-state index contributed by atoms with van der Waals surface area (Å²) in [5.74, 6) is -2.03. The Bertz CT molecular complexity index is 811. The van der Waals surface area contributed by atoms with Crippen LogP contribution in [-0.4, -0.2) is 50.8 Å². The van der Waals surface area contributed by atoms with E-state index >= 15 is 0 Å². The fourth-order valence-corrected chi connectivity index (χ4v) is 3.33. The molecule has 0 saturated heterocycles. The van der Waals surface area contributed by atoms with Crippen molar-refractivity contribution < 1.29 is 38.1 Å². The molecule has 1 aliphatic heterocycles. The summed E-state index contributed by atoms with van der Waals surface area (Å²) in [5.41, 5.74) is 0.661. The van der Waals surface area contributed by atoms with Crippen molar-refractivity contribution in [3.63, 3.8) is 0 Å². The first-order valence-corrected chi connectivity index (χ1v) is 9.47. The van der Waals surface area contributed by atoms with Crippen LogP contribution in [0.5, 0.6) is 17.2 Å². The molecule has 0 fully saturated rings. The molecule has 0 radical (unpaired) electrons. The SMILES string of the molecule is COc1cc(OC)c2c(c1OC)CCCC(=O)C(=O)C(=O)CCC[C@H](C)OC2=O. The van der Waals surface area contributed by atoms with Crippen LogP contribution < -0.4 is 14.2 Å². The highest BCUT2D eigenvalue weighted by Gasteiger charge is 2.29. The van der Waals surface area contributed by atoms with Gasteiger partial charge in [-0.1, -0.05) is 0 Å². The van der Waals surface area contributed by atoms with E-state index in [1.54, 1.807) is 13.0 Å². The fraction of sp³-hybridized carbons (Fsp3) is 0.524. The van der Waals surface area contributed by atoms with Gasteiger partial charge in [-0.3, -0.25) is 14.4 Å². The Kier molecular flexibility index (Phi) is 7.75. The molecule has 0 aromatic heterocycles. The molecular weight excluding hydrogens is 380 g/mol. The van der Waals surface area contributed by atoms with E-state index in [0.29, 0.717) is 29.9 Å². The van der Waals surface area contributed by atoms with E-state index < -0.39 is 29.4 Å². The lowest BCUT2D eigenvalue weighted by Crippen LogP contribution is -2.25. The van der Waals surface area contributed by atoms with Gasteiger partial charge in [-0.2, -0.15) is 0 Å². The first kappa shape index (κ1) is 22.4. The van der Waals surface area contributed by atoms with Crippen molar-refractivity contribution in [2.75, 3.05) is 21.3 Å². The molecule has 1 aromatic carbocycles. The molecule has 1 aliphatic rings. The zero-order valence-electron chi connectivity index (χ0n) is 17.2. The molecule has 2 rings (SSSR count). The monoisotopic (exact) mass is 406 g/mol. The standard InChI is InChI=1S/C21H26O8/c1-12-7-5-9-14(22)19(24)15(23)10-6-8-13-18(21(25)29-12)16(26-2)11-17(27-3)20(13)28-4/h11-12H,5-10H2,1-4H3/t12-/m0/s1. The van der Waals surface area contributed by atoms with E-state index in [0.717, 1.165) is 0 Å². The summed E-state index contributed by atoms with van der Waals surface area (Å²) in [5, 5.41) is 0. The second kappa shape index (κ2) is 10.0. The Morgan fingerprint density at radius 3 is 2.07 bits per heavy atom. The van der Waals surface area contributed by atoms with Crippen LogP contribution in [0.4, 0.5) is 0 Å². The van der Waals surface area contributed by atoms with Crippen molar-refractivity contribution in [2.24, 2.45) is 0 Å². The predicted octanol–water partition coefficient (Wildman–Crippen LogP) is 2.47. The number of hydrogen-bond acceptors (Lipinski definition) is 8. The molecule has 1 heterocycles. The Morgan fingerprint density at radius 2 is 1.48 bits per heavy atom. The highest BCUT2D eigenvalue weighted by molar-refractivity contribution is 6.63. The number of ketones is 3. The third-order valence-corrected chi connectivity index (χ3v) is 4.82. The van der Waals surface area contributed by atoms with E-state index in [1.807, 2.05) is 0 Å². The van der Waals surface area contributed by atoms with Crippen LogP contribution in [0.25, 0.3) is 0 Å². The Balaban J connectivity index is 2.53. The van der Waals surface area contributed by atoms with Crippen LogP contribution in [0.1, 0.15) is 54.9 Å². The summed E-state index contributed by atoms with van der Waals surface area (Å²) in [6.45, 7) is 1.70. The fourth-order valence-electron chi connectivity index (χ4n) is 3.33. The normalized spacial score (nSPS) is 19.1. The maximum absolute atomic E-state index is 12.9. The molecule has 0 unspecified atom stereocenters. The predicted molar refractivity (Wildman–Crippen MR) is 103 cm³/mol. The number of Topliss-reactive ketones (excluding diaryl/α,β-unsaturated/α-hetero) is 3. The molecule has 29 heavy (non-hydrogen) atoms. The van der Waals surface area contributed by atoms with E-state index in [4.69, 9.17) is 18.9 Å². The van der Waals surface area contributed by atoms with E-state index in [2.05, 4.69) is 0 Å². The highest BCUT2D eigenvalue weighted by atomic mass is 16.5. The number of esters is 1. The third kappa shape index (κ3) is 5.13. The third-order valence-electron chi connectivity index (χ3n) is 4.82. The van der Waals surface area contributed by atoms with Crippen molar-refractivity contribution >= 4 is 23.3 Å². The minimum Gasteiger partial charge on any atom is -0.496 e. The largest absolute Gasteiger partial charge is 0.496 e. The van der Waals surface area contributed by atoms with Gasteiger partial charge in [0, 0.05) is 24.5 Å². The van der Waals surface area contributed by atoms with Crippen molar-refractivity contribution in [2.45, 2.75) is 51.6 Å². The van der Waals surface area contributed by atoms with Gasteiger partial charge in [-0.25, -0.2) is 4.79 Å². The molecule has 1 atom stereocenters. The molecule has 0 aliphatic carbocycles. The number of ether oxygens (including phenoxy) is 4. The summed E-state index contributed by atoms with van der Waals surface area (Å²) in [6.07, 6.45) is 0.528. The minimum atomic E-state index is -0.970. The molecular formula is C21H26O8. The second-order valence-electron chi connectivity index (χ2n) is 6.81. The van der Waals surface area contributed by atoms with Gasteiger partial charge < -0.3 is 18.9 Å². The van der Waals surface area contributed by atoms with Gasteiger partial charge in [0.15, 0.2) is 11.5 Å². The van der Waals surface area contributed by atoms with Gasteiger partial charge in [-0.05, 0) is 32.6 Å². The van der Waals surface area contributed by atoms with Gasteiger partial charge in [0.1, 0.15) is 11.3 Å². The summed E-state index contributed by atoms with van der Waals surface area (Å²) < 4.78 is 21.7. The average molecular weight is 406 g/mol. The minimum absolute atomic E-state index is 0.0443. The molecule has 158 valence electrons. The number of hydrogen-bond donors (Lipinski definition) is 0. The summed E-state index contributed by atoms with van der Waals surface area (Å²) in [6, 6.07) is 1.54. The first-order chi connectivity index (χ1) is 13.8.